The number of nitrogens with zero attached hydrogens (tertiary/aromatic N) is 2. The van der Waals surface area contributed by atoms with Crippen LogP contribution in [0.4, 0.5) is 4.79 Å². The summed E-state index contributed by atoms with van der Waals surface area (Å²) in [5, 5.41) is 15.7. The van der Waals surface area contributed by atoms with Crippen LogP contribution in [0.3, 0.4) is 0 Å². The maximum absolute atomic E-state index is 12.2. The van der Waals surface area contributed by atoms with Crippen molar-refractivity contribution in [2.75, 3.05) is 6.61 Å². The highest BCUT2D eigenvalue weighted by molar-refractivity contribution is 5.81. The molecule has 142 valence electrons. The summed E-state index contributed by atoms with van der Waals surface area (Å²) in [7, 11) is 0. The fourth-order valence-electron chi connectivity index (χ4n) is 3.56. The summed E-state index contributed by atoms with van der Waals surface area (Å²) in [6.07, 6.45) is 2.42. The molecule has 3 aromatic rings. The molecule has 0 unspecified atom stereocenters. The Hall–Kier alpha value is -3.61. The zero-order chi connectivity index (χ0) is 19.5. The van der Waals surface area contributed by atoms with Gasteiger partial charge in [-0.1, -0.05) is 48.5 Å². The van der Waals surface area contributed by atoms with Gasteiger partial charge in [0.05, 0.1) is 6.54 Å². The number of nitrogens with one attached hydrogen (secondary N) is 1. The molecule has 7 heteroatoms. The molecule has 1 atom stereocenters. The molecule has 0 fully saturated rings. The number of hydrogen-bond donors (Lipinski definition) is 2. The minimum absolute atomic E-state index is 0.0204. The largest absolute Gasteiger partial charge is 0.480 e. The molecule has 1 aliphatic rings. The molecular weight excluding hydrogens is 358 g/mol. The second-order valence-corrected chi connectivity index (χ2v) is 6.59. The van der Waals surface area contributed by atoms with Crippen LogP contribution in [0.15, 0.2) is 67.0 Å². The quantitative estimate of drug-likeness (QED) is 0.689. The van der Waals surface area contributed by atoms with Crippen molar-refractivity contribution >= 4 is 12.1 Å². The van der Waals surface area contributed by atoms with E-state index in [0.29, 0.717) is 0 Å². The Morgan fingerprint density at radius 1 is 1.07 bits per heavy atom. The van der Waals surface area contributed by atoms with Crippen molar-refractivity contribution in [2.45, 2.75) is 18.5 Å². The topological polar surface area (TPSA) is 93.5 Å². The first kappa shape index (κ1) is 17.8. The number of carbonyl (C=O) groups is 2. The molecule has 1 heterocycles. The number of hydrogen-bond acceptors (Lipinski definition) is 4. The zero-order valence-electron chi connectivity index (χ0n) is 15.0. The van der Waals surface area contributed by atoms with Crippen molar-refractivity contribution < 1.29 is 19.4 Å². The monoisotopic (exact) mass is 377 g/mol. The first-order valence-electron chi connectivity index (χ1n) is 8.95. The lowest BCUT2D eigenvalue weighted by Crippen LogP contribution is -2.44. The average Bonchev–Trinajstić information content (AvgIpc) is 3.32. The van der Waals surface area contributed by atoms with Gasteiger partial charge in [0.1, 0.15) is 12.6 Å². The van der Waals surface area contributed by atoms with E-state index in [-0.39, 0.29) is 19.1 Å². The summed E-state index contributed by atoms with van der Waals surface area (Å²) in [6.45, 7) is 0.153. The summed E-state index contributed by atoms with van der Waals surface area (Å²) in [6, 6.07) is 16.6. The van der Waals surface area contributed by atoms with Gasteiger partial charge in [0.15, 0.2) is 0 Å². The third-order valence-corrected chi connectivity index (χ3v) is 4.86. The van der Waals surface area contributed by atoms with E-state index in [2.05, 4.69) is 22.5 Å². The van der Waals surface area contributed by atoms with Crippen molar-refractivity contribution in [3.05, 3.63) is 78.1 Å². The van der Waals surface area contributed by atoms with E-state index in [1.165, 1.54) is 4.68 Å². The number of carboxylic acid groups (broad SMARTS) is 1. The summed E-state index contributed by atoms with van der Waals surface area (Å²) in [4.78, 5) is 23.7. The van der Waals surface area contributed by atoms with E-state index < -0.39 is 18.1 Å². The van der Waals surface area contributed by atoms with Gasteiger partial charge >= 0.3 is 12.1 Å². The molecular formula is C21H19N3O4. The van der Waals surface area contributed by atoms with Crippen molar-refractivity contribution in [1.29, 1.82) is 0 Å². The number of carboxylic acids is 1. The van der Waals surface area contributed by atoms with Crippen molar-refractivity contribution in [1.82, 2.24) is 15.1 Å². The van der Waals surface area contributed by atoms with Crippen LogP contribution in [0.5, 0.6) is 0 Å². The fraction of sp³-hybridized carbons (Fsp3) is 0.190. The number of ether oxygens (including phenoxy) is 1. The number of alkyl carbamates (subject to hydrolysis) is 1. The van der Waals surface area contributed by atoms with Gasteiger partial charge < -0.3 is 15.2 Å². The van der Waals surface area contributed by atoms with Crippen LogP contribution in [-0.4, -0.2) is 39.6 Å². The molecule has 0 bridgehead atoms. The maximum Gasteiger partial charge on any atom is 0.407 e. The molecule has 7 nitrogen and oxygen atoms in total. The maximum atomic E-state index is 12.2. The summed E-state index contributed by atoms with van der Waals surface area (Å²) < 4.78 is 6.84. The Morgan fingerprint density at radius 3 is 2.29 bits per heavy atom. The summed E-state index contributed by atoms with van der Waals surface area (Å²) >= 11 is 0. The predicted octanol–water partition coefficient (Wildman–Crippen LogP) is 2.88. The van der Waals surface area contributed by atoms with E-state index in [0.717, 1.165) is 22.3 Å². The van der Waals surface area contributed by atoms with Crippen LogP contribution in [0.1, 0.15) is 17.0 Å². The number of carbonyl (C=O) groups excluding carboxylic acids is 1. The summed E-state index contributed by atoms with van der Waals surface area (Å²) in [5.41, 5.74) is 4.47. The molecule has 4 rings (SSSR count). The SMILES string of the molecule is O=C(N[C@H](Cn1cccn1)C(=O)O)OCC1c2ccccc2-c2ccccc21. The normalized spacial score (nSPS) is 13.4. The van der Waals surface area contributed by atoms with E-state index in [4.69, 9.17) is 4.74 Å². The molecule has 0 spiro atoms. The molecule has 0 saturated carbocycles. The van der Waals surface area contributed by atoms with Crippen molar-refractivity contribution in [2.24, 2.45) is 0 Å². The third-order valence-electron chi connectivity index (χ3n) is 4.86. The lowest BCUT2D eigenvalue weighted by atomic mass is 9.98. The van der Waals surface area contributed by atoms with Gasteiger partial charge in [0.2, 0.25) is 0 Å². The highest BCUT2D eigenvalue weighted by Crippen LogP contribution is 2.44. The lowest BCUT2D eigenvalue weighted by Gasteiger charge is -2.17. The first-order valence-corrected chi connectivity index (χ1v) is 8.95. The highest BCUT2D eigenvalue weighted by atomic mass is 16.5. The molecule has 2 N–H and O–H groups in total. The van der Waals surface area contributed by atoms with Crippen LogP contribution in [0, 0.1) is 0 Å². The number of benzene rings is 2. The van der Waals surface area contributed by atoms with Crippen molar-refractivity contribution in [3.8, 4) is 11.1 Å². The third kappa shape index (κ3) is 3.46. The van der Waals surface area contributed by atoms with Crippen LogP contribution in [-0.2, 0) is 16.1 Å². The number of rotatable bonds is 6. The molecule has 0 aliphatic heterocycles. The van der Waals surface area contributed by atoms with Crippen LogP contribution in [0.25, 0.3) is 11.1 Å². The average molecular weight is 377 g/mol. The Labute approximate surface area is 161 Å². The van der Waals surface area contributed by atoms with Gasteiger partial charge in [-0.15, -0.1) is 0 Å². The smallest absolute Gasteiger partial charge is 0.407 e. The Balaban J connectivity index is 1.44. The van der Waals surface area contributed by atoms with E-state index in [9.17, 15) is 14.7 Å². The zero-order valence-corrected chi connectivity index (χ0v) is 15.0. The summed E-state index contributed by atoms with van der Waals surface area (Å²) in [5.74, 6) is -1.23. The molecule has 1 amide bonds. The number of fused-ring (bicyclic) bond motifs is 3. The second-order valence-electron chi connectivity index (χ2n) is 6.59. The van der Waals surface area contributed by atoms with Gasteiger partial charge in [0, 0.05) is 18.3 Å². The Kier molecular flexibility index (Phi) is 4.80. The van der Waals surface area contributed by atoms with Crippen LogP contribution in [0.2, 0.25) is 0 Å². The fourth-order valence-corrected chi connectivity index (χ4v) is 3.56. The molecule has 1 aromatic heterocycles. The minimum Gasteiger partial charge on any atom is -0.480 e. The van der Waals surface area contributed by atoms with Crippen LogP contribution < -0.4 is 5.32 Å². The molecule has 2 aromatic carbocycles. The molecule has 28 heavy (non-hydrogen) atoms. The molecule has 0 saturated heterocycles. The first-order chi connectivity index (χ1) is 13.6. The lowest BCUT2D eigenvalue weighted by molar-refractivity contribution is -0.139. The molecule has 0 radical (unpaired) electrons. The predicted molar refractivity (Wildman–Crippen MR) is 102 cm³/mol. The van der Waals surface area contributed by atoms with Crippen LogP contribution >= 0.6 is 0 Å². The van der Waals surface area contributed by atoms with E-state index in [1.54, 1.807) is 18.5 Å². The number of aliphatic carboxylic acids is 1. The molecule has 1 aliphatic carbocycles. The van der Waals surface area contributed by atoms with Gasteiger partial charge in [-0.2, -0.15) is 5.10 Å². The Morgan fingerprint density at radius 2 is 1.71 bits per heavy atom. The highest BCUT2D eigenvalue weighted by Gasteiger charge is 2.29. The number of amides is 1. The van der Waals surface area contributed by atoms with Gasteiger partial charge in [-0.05, 0) is 28.3 Å². The van der Waals surface area contributed by atoms with E-state index in [1.807, 2.05) is 36.4 Å². The minimum atomic E-state index is -1.15. The van der Waals surface area contributed by atoms with E-state index >= 15 is 0 Å². The standard InChI is InChI=1S/C21H19N3O4/c25-20(26)19(12-24-11-5-10-22-24)23-21(27)28-13-18-16-8-3-1-6-14(16)15-7-2-4-9-17(15)18/h1-11,18-19H,12-13H2,(H,23,27)(H,25,26)/t19-/m1/s1. The van der Waals surface area contributed by atoms with Gasteiger partial charge in [-0.3, -0.25) is 4.68 Å². The van der Waals surface area contributed by atoms with Gasteiger partial charge in [0.25, 0.3) is 0 Å². The second kappa shape index (κ2) is 7.56. The van der Waals surface area contributed by atoms with Gasteiger partial charge in [-0.25, -0.2) is 9.59 Å². The number of aromatic nitrogens is 2. The van der Waals surface area contributed by atoms with Crippen molar-refractivity contribution in [3.63, 3.8) is 0 Å². The Bertz CT molecular complexity index is 955.